The van der Waals surface area contributed by atoms with Crippen LogP contribution < -0.4 is 25.6 Å². The molecule has 2 aliphatic heterocycles. The number of halogens is 2. The van der Waals surface area contributed by atoms with Gasteiger partial charge >= 0.3 is 0 Å². The molecule has 6 heterocycles. The number of ether oxygens (including phenoxy) is 2. The molecule has 0 spiro atoms. The molecule has 7 rings (SSSR count). The van der Waals surface area contributed by atoms with Gasteiger partial charge in [-0.3, -0.25) is 19.5 Å². The summed E-state index contributed by atoms with van der Waals surface area (Å²) in [6, 6.07) is 5.77. The molecule has 16 heteroatoms. The summed E-state index contributed by atoms with van der Waals surface area (Å²) in [5.74, 6) is 1.89. The van der Waals surface area contributed by atoms with Crippen LogP contribution in [0.4, 0.5) is 33.3 Å². The van der Waals surface area contributed by atoms with Crippen molar-refractivity contribution in [2.45, 2.75) is 18.6 Å². The summed E-state index contributed by atoms with van der Waals surface area (Å²) >= 11 is 3.62. The van der Waals surface area contributed by atoms with Crippen LogP contribution in [0.3, 0.4) is 0 Å². The second-order valence-corrected chi connectivity index (χ2v) is 15.3. The molecule has 13 nitrogen and oxygen atoms in total. The van der Waals surface area contributed by atoms with Crippen LogP contribution >= 0.6 is 23.9 Å². The van der Waals surface area contributed by atoms with E-state index in [1.165, 1.54) is 0 Å². The van der Waals surface area contributed by atoms with Crippen molar-refractivity contribution in [3.05, 3.63) is 53.7 Å². The van der Waals surface area contributed by atoms with Crippen molar-refractivity contribution in [1.29, 1.82) is 0 Å². The van der Waals surface area contributed by atoms with Crippen molar-refractivity contribution in [1.82, 2.24) is 39.6 Å². The first-order chi connectivity index (χ1) is 23.8. The van der Waals surface area contributed by atoms with Gasteiger partial charge in [-0.25, -0.2) is 9.37 Å². The van der Waals surface area contributed by atoms with Crippen molar-refractivity contribution < 1.29 is 13.9 Å². The second kappa shape index (κ2) is 14.4. The fourth-order valence-electron chi connectivity index (χ4n) is 6.49. The fraction of sp³-hybridized carbons (Fsp3) is 0.394. The number of hydrogen-bond acceptors (Lipinski definition) is 12. The van der Waals surface area contributed by atoms with Crippen molar-refractivity contribution in [3.63, 3.8) is 0 Å². The van der Waals surface area contributed by atoms with Gasteiger partial charge in [0.1, 0.15) is 23.5 Å². The summed E-state index contributed by atoms with van der Waals surface area (Å²) in [4.78, 5) is 27.6. The average molecular weight is 751 g/mol. The molecule has 2 atom stereocenters. The number of rotatable bonds is 9. The zero-order chi connectivity index (χ0) is 34.1. The van der Waals surface area contributed by atoms with E-state index in [-0.39, 0.29) is 12.6 Å². The van der Waals surface area contributed by atoms with Crippen LogP contribution in [0.15, 0.2) is 53.7 Å². The maximum Gasteiger partial charge on any atom is 0.239 e. The normalized spacial score (nSPS) is 18.6. The Hall–Kier alpha value is -4.04. The number of fused-ring (bicyclic) bond motifs is 1. The number of anilines is 5. The van der Waals surface area contributed by atoms with Gasteiger partial charge in [-0.15, -0.1) is 0 Å². The van der Waals surface area contributed by atoms with E-state index >= 15 is 4.39 Å². The Morgan fingerprint density at radius 3 is 2.57 bits per heavy atom. The maximum atomic E-state index is 15.8. The van der Waals surface area contributed by atoms with Gasteiger partial charge in [-0.1, -0.05) is 7.92 Å². The molecule has 1 aromatic carbocycles. The average Bonchev–Trinajstić information content (AvgIpc) is 3.55. The SMILES string of the molecule is COc1nc(N2CCC(N3CCOCC3)C(F)C2)c(-c2cnn(C)c2)cc1Nc1ncc(Br)c(Nc2ccc3nccnc3c2P(C)C)n1. The lowest BCUT2D eigenvalue weighted by atomic mass is 9.99. The molecule has 0 bridgehead atoms. The van der Waals surface area contributed by atoms with Crippen LogP contribution in [0.5, 0.6) is 5.88 Å². The van der Waals surface area contributed by atoms with E-state index in [2.05, 4.69) is 64.8 Å². The second-order valence-electron chi connectivity index (χ2n) is 12.2. The van der Waals surface area contributed by atoms with Gasteiger partial charge < -0.3 is 25.0 Å². The maximum absolute atomic E-state index is 15.8. The van der Waals surface area contributed by atoms with E-state index in [4.69, 9.17) is 19.4 Å². The summed E-state index contributed by atoms with van der Waals surface area (Å²) in [7, 11) is 2.91. The third kappa shape index (κ3) is 7.03. The first-order valence-electron chi connectivity index (χ1n) is 16.1. The van der Waals surface area contributed by atoms with Crippen LogP contribution in [0.25, 0.3) is 22.2 Å². The third-order valence-corrected chi connectivity index (χ3v) is 10.7. The monoisotopic (exact) mass is 749 g/mol. The highest BCUT2D eigenvalue weighted by atomic mass is 79.9. The molecule has 0 aliphatic carbocycles. The third-order valence-electron chi connectivity index (χ3n) is 8.80. The summed E-state index contributed by atoms with van der Waals surface area (Å²) < 4.78 is 29.5. The first kappa shape index (κ1) is 33.5. The number of benzene rings is 1. The van der Waals surface area contributed by atoms with E-state index in [1.54, 1.807) is 36.6 Å². The zero-order valence-corrected chi connectivity index (χ0v) is 30.2. The minimum absolute atomic E-state index is 0.137. The Morgan fingerprint density at radius 2 is 1.84 bits per heavy atom. The van der Waals surface area contributed by atoms with E-state index in [9.17, 15) is 0 Å². The number of piperidine rings is 1. The topological polar surface area (TPSA) is 131 Å². The minimum atomic E-state index is -1.03. The quantitative estimate of drug-likeness (QED) is 0.195. The number of nitrogens with one attached hydrogen (secondary N) is 2. The standard InChI is InChI=1S/C33H38BrFN11O2P/c1-44-18-20(16-39-44)21-15-26(32(47-2)43-31(21)46-10-7-27(23(35)19-46)45-11-13-48-14-12-45)41-33-38-17-22(34)30(42-33)40-25-6-5-24-28(29(25)49(3)4)37-9-8-36-24/h5-6,8-9,15-18,23,27H,7,10-14,19H2,1-4H3,(H2,38,40,41,42). The summed E-state index contributed by atoms with van der Waals surface area (Å²) in [5.41, 5.74) is 4.83. The minimum Gasteiger partial charge on any atom is -0.479 e. The van der Waals surface area contributed by atoms with Crippen molar-refractivity contribution in [3.8, 4) is 17.0 Å². The smallest absolute Gasteiger partial charge is 0.239 e. The van der Waals surface area contributed by atoms with Gasteiger partial charge in [0.05, 0.1) is 48.6 Å². The predicted molar refractivity (Wildman–Crippen MR) is 195 cm³/mol. The predicted octanol–water partition coefficient (Wildman–Crippen LogP) is 5.09. The van der Waals surface area contributed by atoms with Crippen LogP contribution in [0, 0.1) is 0 Å². The number of methoxy groups -OCH3 is 1. The number of hydrogen-bond donors (Lipinski definition) is 2. The molecule has 49 heavy (non-hydrogen) atoms. The molecule has 256 valence electrons. The number of nitrogens with zero attached hydrogens (tertiary/aromatic N) is 9. The van der Waals surface area contributed by atoms with Gasteiger partial charge in [0, 0.05) is 79.6 Å². The van der Waals surface area contributed by atoms with Gasteiger partial charge in [-0.2, -0.15) is 15.1 Å². The highest BCUT2D eigenvalue weighted by molar-refractivity contribution is 9.10. The molecule has 2 aliphatic rings. The number of aromatic nitrogens is 7. The van der Waals surface area contributed by atoms with E-state index in [1.807, 2.05) is 36.3 Å². The number of morpholine rings is 1. The molecule has 2 saturated heterocycles. The lowest BCUT2D eigenvalue weighted by Gasteiger charge is -2.42. The Kier molecular flexibility index (Phi) is 9.86. The molecule has 2 fully saturated rings. The Bertz CT molecular complexity index is 1960. The van der Waals surface area contributed by atoms with Crippen molar-refractivity contribution >= 4 is 69.1 Å². The van der Waals surface area contributed by atoms with Gasteiger partial charge in [0.2, 0.25) is 11.8 Å². The number of pyridine rings is 1. The van der Waals surface area contributed by atoms with E-state index in [0.29, 0.717) is 59.8 Å². The molecule has 0 amide bonds. The molecular weight excluding hydrogens is 712 g/mol. The summed E-state index contributed by atoms with van der Waals surface area (Å²) in [6.07, 6.45) is 8.46. The Balaban J connectivity index is 1.20. The molecule has 5 aromatic rings. The molecule has 0 radical (unpaired) electrons. The van der Waals surface area contributed by atoms with Crippen LogP contribution in [0.2, 0.25) is 0 Å². The van der Waals surface area contributed by atoms with Gasteiger partial charge in [0.25, 0.3) is 0 Å². The first-order valence-corrected chi connectivity index (χ1v) is 19.1. The highest BCUT2D eigenvalue weighted by Crippen LogP contribution is 2.40. The molecule has 2 N–H and O–H groups in total. The van der Waals surface area contributed by atoms with E-state index < -0.39 is 14.1 Å². The van der Waals surface area contributed by atoms with E-state index in [0.717, 1.165) is 46.2 Å². The highest BCUT2D eigenvalue weighted by Gasteiger charge is 2.36. The molecule has 0 saturated carbocycles. The van der Waals surface area contributed by atoms with Crippen LogP contribution in [-0.2, 0) is 11.8 Å². The van der Waals surface area contributed by atoms with Gasteiger partial charge in [-0.05, 0) is 53.9 Å². The van der Waals surface area contributed by atoms with Crippen molar-refractivity contribution in [2.75, 3.05) is 75.4 Å². The molecular formula is C33H38BrFN11O2P. The zero-order valence-electron chi connectivity index (χ0n) is 27.8. The fourth-order valence-corrected chi connectivity index (χ4v) is 7.99. The number of aryl methyl sites for hydroxylation is 1. The summed E-state index contributed by atoms with van der Waals surface area (Å²) in [6.45, 7) is 8.05. The molecule has 4 aromatic heterocycles. The lowest BCUT2D eigenvalue weighted by molar-refractivity contribution is -0.00825. The Labute approximate surface area is 293 Å². The summed E-state index contributed by atoms with van der Waals surface area (Å²) in [5, 5.41) is 12.3. The molecule has 2 unspecified atom stereocenters. The van der Waals surface area contributed by atoms with Gasteiger partial charge in [0.15, 0.2) is 0 Å². The number of alkyl halides is 1. The largest absolute Gasteiger partial charge is 0.479 e. The van der Waals surface area contributed by atoms with Crippen molar-refractivity contribution in [2.24, 2.45) is 7.05 Å². The van der Waals surface area contributed by atoms with Crippen LogP contribution in [-0.4, -0.2) is 112 Å². The Morgan fingerprint density at radius 1 is 1.02 bits per heavy atom. The van der Waals surface area contributed by atoms with Crippen LogP contribution in [0.1, 0.15) is 6.42 Å². The lowest BCUT2D eigenvalue weighted by Crippen LogP contribution is -2.55.